The maximum absolute atomic E-state index is 10.9. The molecule has 0 aromatic rings. The molecule has 0 aromatic carbocycles. The molecule has 0 saturated heterocycles. The van der Waals surface area contributed by atoms with Gasteiger partial charge in [0.05, 0.1) is 0 Å². The van der Waals surface area contributed by atoms with Gasteiger partial charge in [-0.2, -0.15) is 11.8 Å². The molecule has 0 bridgehead atoms. The van der Waals surface area contributed by atoms with Crippen molar-refractivity contribution in [2.24, 2.45) is 0 Å². The molecule has 0 aliphatic heterocycles. The van der Waals surface area contributed by atoms with Crippen LogP contribution in [0.25, 0.3) is 0 Å². The van der Waals surface area contributed by atoms with Gasteiger partial charge in [-0.3, -0.25) is 4.79 Å². The van der Waals surface area contributed by atoms with Gasteiger partial charge in [0.2, 0.25) is 0 Å². The van der Waals surface area contributed by atoms with E-state index in [9.17, 15) is 4.79 Å². The molecule has 0 heterocycles. The van der Waals surface area contributed by atoms with E-state index in [1.165, 1.54) is 0 Å². The topological polar surface area (TPSA) is 49.3 Å². The smallest absolute Gasteiger partial charge is 0.320 e. The van der Waals surface area contributed by atoms with Crippen LogP contribution in [0.2, 0.25) is 0 Å². The number of thioether (sulfide) groups is 1. The van der Waals surface area contributed by atoms with Crippen molar-refractivity contribution in [3.8, 4) is 0 Å². The molecular formula is C11H23NO2S. The van der Waals surface area contributed by atoms with E-state index in [0.717, 1.165) is 5.75 Å². The number of hydrogen-bond acceptors (Lipinski definition) is 3. The predicted octanol–water partition coefficient (Wildman–Crippen LogP) is 2.36. The summed E-state index contributed by atoms with van der Waals surface area (Å²) < 4.78 is 0.209. The third-order valence-corrected chi connectivity index (χ3v) is 3.08. The Morgan fingerprint density at radius 2 is 1.93 bits per heavy atom. The maximum Gasteiger partial charge on any atom is 0.320 e. The lowest BCUT2D eigenvalue weighted by atomic mass is 10.2. The number of carboxylic acid groups (broad SMARTS) is 1. The van der Waals surface area contributed by atoms with Crippen LogP contribution in [0.3, 0.4) is 0 Å². The van der Waals surface area contributed by atoms with Crippen LogP contribution in [0.15, 0.2) is 0 Å². The average Bonchev–Trinajstić information content (AvgIpc) is 1.99. The van der Waals surface area contributed by atoms with Crippen LogP contribution < -0.4 is 5.32 Å². The van der Waals surface area contributed by atoms with E-state index in [4.69, 9.17) is 5.11 Å². The minimum absolute atomic E-state index is 0.209. The van der Waals surface area contributed by atoms with Crippen LogP contribution in [-0.4, -0.2) is 33.7 Å². The second-order valence-electron chi connectivity index (χ2n) is 4.96. The summed E-state index contributed by atoms with van der Waals surface area (Å²) in [4.78, 5) is 10.9. The highest BCUT2D eigenvalue weighted by molar-refractivity contribution is 8.00. The van der Waals surface area contributed by atoms with E-state index >= 15 is 0 Å². The molecule has 4 heteroatoms. The molecule has 0 spiro atoms. The van der Waals surface area contributed by atoms with Gasteiger partial charge in [0.1, 0.15) is 6.04 Å². The summed E-state index contributed by atoms with van der Waals surface area (Å²) in [5, 5.41) is 12.0. The van der Waals surface area contributed by atoms with Gasteiger partial charge >= 0.3 is 5.97 Å². The molecule has 0 saturated carbocycles. The van der Waals surface area contributed by atoms with Crippen molar-refractivity contribution in [1.29, 1.82) is 0 Å². The van der Waals surface area contributed by atoms with E-state index in [1.807, 2.05) is 13.8 Å². The van der Waals surface area contributed by atoms with E-state index in [0.29, 0.717) is 6.42 Å². The highest BCUT2D eigenvalue weighted by Crippen LogP contribution is 2.24. The number of aliphatic carboxylic acids is 1. The zero-order valence-electron chi connectivity index (χ0n) is 10.3. The van der Waals surface area contributed by atoms with Gasteiger partial charge in [0.25, 0.3) is 0 Å². The number of carbonyl (C=O) groups is 1. The molecule has 3 nitrogen and oxygen atoms in total. The summed E-state index contributed by atoms with van der Waals surface area (Å²) >= 11 is 1.80. The quantitative estimate of drug-likeness (QED) is 0.739. The van der Waals surface area contributed by atoms with Gasteiger partial charge in [-0.05, 0) is 12.2 Å². The molecule has 0 aromatic heterocycles. The summed E-state index contributed by atoms with van der Waals surface area (Å²) in [6, 6.07) is -0.203. The Morgan fingerprint density at radius 1 is 1.40 bits per heavy atom. The second-order valence-corrected chi connectivity index (χ2v) is 6.88. The Labute approximate surface area is 97.0 Å². The molecule has 0 fully saturated rings. The monoisotopic (exact) mass is 233 g/mol. The lowest BCUT2D eigenvalue weighted by Gasteiger charge is -2.21. The number of hydrogen-bond donors (Lipinski definition) is 2. The zero-order chi connectivity index (χ0) is 12.1. The Bertz CT molecular complexity index is 199. The SMILES string of the molecule is CC(C)NC(CCSC(C)(C)C)C(=O)O. The Balaban J connectivity index is 3.92. The summed E-state index contributed by atoms with van der Waals surface area (Å²) in [6.07, 6.45) is 0.676. The van der Waals surface area contributed by atoms with Crippen LogP contribution in [0, 0.1) is 0 Å². The third kappa shape index (κ3) is 8.75. The van der Waals surface area contributed by atoms with Crippen molar-refractivity contribution in [3.63, 3.8) is 0 Å². The van der Waals surface area contributed by atoms with E-state index in [2.05, 4.69) is 26.1 Å². The summed E-state index contributed by atoms with van der Waals surface area (Å²) in [5.74, 6) is 0.124. The largest absolute Gasteiger partial charge is 0.480 e. The first kappa shape index (κ1) is 14.8. The molecule has 0 amide bonds. The highest BCUT2D eigenvalue weighted by atomic mass is 32.2. The first-order chi connectivity index (χ1) is 6.72. The average molecular weight is 233 g/mol. The minimum Gasteiger partial charge on any atom is -0.480 e. The molecule has 15 heavy (non-hydrogen) atoms. The van der Waals surface area contributed by atoms with Crippen LogP contribution in [0.4, 0.5) is 0 Å². The van der Waals surface area contributed by atoms with Gasteiger partial charge in [-0.25, -0.2) is 0 Å². The molecule has 1 unspecified atom stereocenters. The van der Waals surface area contributed by atoms with Crippen molar-refractivity contribution >= 4 is 17.7 Å². The summed E-state index contributed by atoms with van der Waals surface area (Å²) in [6.45, 7) is 10.4. The van der Waals surface area contributed by atoms with Gasteiger partial charge in [-0.15, -0.1) is 0 Å². The summed E-state index contributed by atoms with van der Waals surface area (Å²) in [5.41, 5.74) is 0. The zero-order valence-corrected chi connectivity index (χ0v) is 11.1. The second kappa shape index (κ2) is 6.38. The van der Waals surface area contributed by atoms with Crippen molar-refractivity contribution in [3.05, 3.63) is 0 Å². The fourth-order valence-electron chi connectivity index (χ4n) is 1.16. The molecular weight excluding hydrogens is 210 g/mol. The first-order valence-electron chi connectivity index (χ1n) is 5.35. The predicted molar refractivity (Wildman–Crippen MR) is 66.5 cm³/mol. The lowest BCUT2D eigenvalue weighted by molar-refractivity contribution is -0.139. The Morgan fingerprint density at radius 3 is 2.27 bits per heavy atom. The molecule has 2 N–H and O–H groups in total. The maximum atomic E-state index is 10.9. The molecule has 1 atom stereocenters. The van der Waals surface area contributed by atoms with Gasteiger partial charge in [0.15, 0.2) is 0 Å². The Hall–Kier alpha value is -0.220. The minimum atomic E-state index is -0.752. The van der Waals surface area contributed by atoms with Gasteiger partial charge in [-0.1, -0.05) is 34.6 Å². The van der Waals surface area contributed by atoms with Crippen molar-refractivity contribution < 1.29 is 9.90 Å². The molecule has 0 rings (SSSR count). The van der Waals surface area contributed by atoms with Crippen LogP contribution in [-0.2, 0) is 4.79 Å². The van der Waals surface area contributed by atoms with Crippen molar-refractivity contribution in [1.82, 2.24) is 5.32 Å². The number of carboxylic acids is 1. The van der Waals surface area contributed by atoms with Crippen molar-refractivity contribution in [2.45, 2.75) is 57.9 Å². The normalized spacial score (nSPS) is 14.3. The van der Waals surface area contributed by atoms with Crippen LogP contribution in [0.1, 0.15) is 41.0 Å². The van der Waals surface area contributed by atoms with Gasteiger partial charge in [0, 0.05) is 10.8 Å². The molecule has 0 aliphatic carbocycles. The van der Waals surface area contributed by atoms with E-state index in [-0.39, 0.29) is 10.8 Å². The van der Waals surface area contributed by atoms with Crippen LogP contribution in [0.5, 0.6) is 0 Å². The fourth-order valence-corrected chi connectivity index (χ4v) is 2.13. The van der Waals surface area contributed by atoms with E-state index < -0.39 is 12.0 Å². The van der Waals surface area contributed by atoms with E-state index in [1.54, 1.807) is 11.8 Å². The van der Waals surface area contributed by atoms with Crippen molar-refractivity contribution in [2.75, 3.05) is 5.75 Å². The third-order valence-electron chi connectivity index (χ3n) is 1.77. The lowest BCUT2D eigenvalue weighted by Crippen LogP contribution is -2.41. The Kier molecular flexibility index (Phi) is 6.29. The first-order valence-corrected chi connectivity index (χ1v) is 6.34. The molecule has 90 valence electrons. The molecule has 0 aliphatic rings. The molecule has 0 radical (unpaired) electrons. The standard InChI is InChI=1S/C11H23NO2S/c1-8(2)12-9(10(13)14)6-7-15-11(3,4)5/h8-9,12H,6-7H2,1-5H3,(H,13,14). The van der Waals surface area contributed by atoms with Crippen LogP contribution >= 0.6 is 11.8 Å². The highest BCUT2D eigenvalue weighted by Gasteiger charge is 2.19. The van der Waals surface area contributed by atoms with Gasteiger partial charge < -0.3 is 10.4 Å². The number of nitrogens with one attached hydrogen (secondary N) is 1. The summed E-state index contributed by atoms with van der Waals surface area (Å²) in [7, 11) is 0. The fraction of sp³-hybridized carbons (Fsp3) is 0.909. The number of rotatable bonds is 6.